The fourth-order valence-corrected chi connectivity index (χ4v) is 3.54. The van der Waals surface area contributed by atoms with Crippen LogP contribution in [0.3, 0.4) is 0 Å². The Bertz CT molecular complexity index is 540. The molecule has 0 amide bonds. The number of hydrogen-bond donors (Lipinski definition) is 1. The zero-order chi connectivity index (χ0) is 13.1. The van der Waals surface area contributed by atoms with Gasteiger partial charge < -0.3 is 5.32 Å². The lowest BCUT2D eigenvalue weighted by Gasteiger charge is -2.17. The van der Waals surface area contributed by atoms with Crippen LogP contribution in [0.15, 0.2) is 32.5 Å². The van der Waals surface area contributed by atoms with Gasteiger partial charge in [-0.05, 0) is 37.7 Å². The quantitative estimate of drug-likeness (QED) is 0.833. The number of halogens is 2. The van der Waals surface area contributed by atoms with Gasteiger partial charge in [0.15, 0.2) is 0 Å². The van der Waals surface area contributed by atoms with E-state index < -0.39 is 0 Å². The van der Waals surface area contributed by atoms with Crippen molar-refractivity contribution < 1.29 is 0 Å². The molecule has 0 aliphatic heterocycles. The molecule has 0 radical (unpaired) electrons. The molecule has 1 aromatic heterocycles. The lowest BCUT2D eigenvalue weighted by atomic mass is 10.0. The van der Waals surface area contributed by atoms with Crippen LogP contribution in [0.4, 0.5) is 0 Å². The molecule has 2 aromatic rings. The highest BCUT2D eigenvalue weighted by molar-refractivity contribution is 9.11. The fourth-order valence-electron chi connectivity index (χ4n) is 1.82. The van der Waals surface area contributed by atoms with E-state index in [4.69, 9.17) is 0 Å². The predicted molar refractivity (Wildman–Crippen MR) is 84.2 cm³/mol. The molecule has 5 heteroatoms. The maximum Gasteiger partial charge on any atom is 0.0947 e. The molecule has 1 unspecified atom stereocenters. The number of nitrogens with zero attached hydrogens (tertiary/aromatic N) is 1. The average Bonchev–Trinajstić information content (AvgIpc) is 2.75. The van der Waals surface area contributed by atoms with Crippen LogP contribution in [0, 0.1) is 6.92 Å². The van der Waals surface area contributed by atoms with Crippen molar-refractivity contribution in [1.29, 1.82) is 0 Å². The van der Waals surface area contributed by atoms with E-state index in [1.807, 2.05) is 20.0 Å². The molecule has 0 aliphatic carbocycles. The summed E-state index contributed by atoms with van der Waals surface area (Å²) in [6.45, 7) is 2.03. The normalized spacial score (nSPS) is 12.7. The number of hydrogen-bond acceptors (Lipinski definition) is 3. The number of rotatable bonds is 4. The van der Waals surface area contributed by atoms with E-state index in [1.54, 1.807) is 11.3 Å². The number of nitrogens with one attached hydrogen (secondary N) is 1. The Morgan fingerprint density at radius 1 is 1.39 bits per heavy atom. The SMILES string of the molecule is CNC(Cc1nc(C)cs1)c1cc(Br)ccc1Br. The van der Waals surface area contributed by atoms with Crippen molar-refractivity contribution in [3.05, 3.63) is 48.8 Å². The highest BCUT2D eigenvalue weighted by Gasteiger charge is 2.15. The molecule has 1 heterocycles. The number of benzene rings is 1. The van der Waals surface area contributed by atoms with Gasteiger partial charge in [-0.15, -0.1) is 11.3 Å². The fraction of sp³-hybridized carbons (Fsp3) is 0.308. The van der Waals surface area contributed by atoms with Gasteiger partial charge in [0.25, 0.3) is 0 Å². The van der Waals surface area contributed by atoms with Gasteiger partial charge in [0.1, 0.15) is 0 Å². The van der Waals surface area contributed by atoms with Crippen molar-refractivity contribution in [3.8, 4) is 0 Å². The van der Waals surface area contributed by atoms with E-state index >= 15 is 0 Å². The van der Waals surface area contributed by atoms with Gasteiger partial charge in [-0.25, -0.2) is 4.98 Å². The molecule has 0 saturated heterocycles. The molecular formula is C13H14Br2N2S. The molecule has 2 nitrogen and oxygen atoms in total. The topological polar surface area (TPSA) is 24.9 Å². The standard InChI is InChI=1S/C13H14Br2N2S/c1-8-7-18-13(17-8)6-12(16-2)10-5-9(14)3-4-11(10)15/h3-5,7,12,16H,6H2,1-2H3. The van der Waals surface area contributed by atoms with Crippen molar-refractivity contribution in [2.24, 2.45) is 0 Å². The minimum Gasteiger partial charge on any atom is -0.313 e. The van der Waals surface area contributed by atoms with E-state index in [-0.39, 0.29) is 6.04 Å². The van der Waals surface area contributed by atoms with E-state index in [1.165, 1.54) is 10.6 Å². The summed E-state index contributed by atoms with van der Waals surface area (Å²) < 4.78 is 2.22. The van der Waals surface area contributed by atoms with Gasteiger partial charge in [0.05, 0.1) is 5.01 Å². The van der Waals surface area contributed by atoms with Crippen molar-refractivity contribution in [3.63, 3.8) is 0 Å². The van der Waals surface area contributed by atoms with E-state index in [2.05, 4.69) is 59.7 Å². The summed E-state index contributed by atoms with van der Waals surface area (Å²) in [4.78, 5) is 4.53. The summed E-state index contributed by atoms with van der Waals surface area (Å²) in [6, 6.07) is 6.51. The summed E-state index contributed by atoms with van der Waals surface area (Å²) in [6.07, 6.45) is 0.907. The van der Waals surface area contributed by atoms with Gasteiger partial charge in [-0.1, -0.05) is 31.9 Å². The third-order valence-electron chi connectivity index (χ3n) is 2.73. The van der Waals surface area contributed by atoms with E-state index in [0.29, 0.717) is 0 Å². The van der Waals surface area contributed by atoms with Crippen molar-refractivity contribution in [2.75, 3.05) is 7.05 Å². The molecule has 0 fully saturated rings. The second kappa shape index (κ2) is 6.28. The zero-order valence-electron chi connectivity index (χ0n) is 10.2. The first kappa shape index (κ1) is 14.2. The van der Waals surface area contributed by atoms with Crippen molar-refractivity contribution >= 4 is 43.2 Å². The maximum absolute atomic E-state index is 4.53. The third kappa shape index (κ3) is 3.41. The monoisotopic (exact) mass is 388 g/mol. The van der Waals surface area contributed by atoms with Crippen LogP contribution in [0.2, 0.25) is 0 Å². The molecule has 0 saturated carbocycles. The second-order valence-corrected chi connectivity index (χ2v) is 6.81. The smallest absolute Gasteiger partial charge is 0.0947 e. The molecule has 0 aliphatic rings. The summed E-state index contributed by atoms with van der Waals surface area (Å²) in [5, 5.41) is 6.62. The highest BCUT2D eigenvalue weighted by atomic mass is 79.9. The Balaban J connectivity index is 2.25. The lowest BCUT2D eigenvalue weighted by Crippen LogP contribution is -2.19. The van der Waals surface area contributed by atoms with Gasteiger partial charge >= 0.3 is 0 Å². The van der Waals surface area contributed by atoms with Crippen LogP contribution < -0.4 is 5.32 Å². The first-order valence-electron chi connectivity index (χ1n) is 5.63. The minimum atomic E-state index is 0.266. The first-order chi connectivity index (χ1) is 8.60. The molecule has 18 heavy (non-hydrogen) atoms. The molecule has 0 spiro atoms. The van der Waals surface area contributed by atoms with Crippen LogP contribution >= 0.6 is 43.2 Å². The highest BCUT2D eigenvalue weighted by Crippen LogP contribution is 2.29. The summed E-state index contributed by atoms with van der Waals surface area (Å²) in [5.41, 5.74) is 2.35. The third-order valence-corrected chi connectivity index (χ3v) is 4.93. The predicted octanol–water partition coefficient (Wildman–Crippen LogP) is 4.48. The molecule has 2 rings (SSSR count). The van der Waals surface area contributed by atoms with E-state index in [9.17, 15) is 0 Å². The lowest BCUT2D eigenvalue weighted by molar-refractivity contribution is 0.587. The largest absolute Gasteiger partial charge is 0.313 e. The second-order valence-electron chi connectivity index (χ2n) is 4.09. The zero-order valence-corrected chi connectivity index (χ0v) is 14.2. The first-order valence-corrected chi connectivity index (χ1v) is 8.10. The summed E-state index contributed by atoms with van der Waals surface area (Å²) >= 11 is 8.85. The molecule has 1 aromatic carbocycles. The molecular weight excluding hydrogens is 376 g/mol. The Morgan fingerprint density at radius 3 is 2.78 bits per heavy atom. The van der Waals surface area contributed by atoms with Crippen LogP contribution in [-0.4, -0.2) is 12.0 Å². The number of likely N-dealkylation sites (N-methyl/N-ethyl adjacent to an activating group) is 1. The van der Waals surface area contributed by atoms with Crippen LogP contribution in [0.1, 0.15) is 22.3 Å². The minimum absolute atomic E-state index is 0.266. The van der Waals surface area contributed by atoms with Crippen molar-refractivity contribution in [2.45, 2.75) is 19.4 Å². The van der Waals surface area contributed by atoms with Gasteiger partial charge in [-0.3, -0.25) is 0 Å². The van der Waals surface area contributed by atoms with Crippen LogP contribution in [0.5, 0.6) is 0 Å². The van der Waals surface area contributed by atoms with Gasteiger partial charge in [0, 0.05) is 32.5 Å². The number of thiazole rings is 1. The van der Waals surface area contributed by atoms with Gasteiger partial charge in [0.2, 0.25) is 0 Å². The Labute approximate surface area is 128 Å². The molecule has 96 valence electrons. The van der Waals surface area contributed by atoms with Crippen LogP contribution in [-0.2, 0) is 6.42 Å². The van der Waals surface area contributed by atoms with Crippen molar-refractivity contribution in [1.82, 2.24) is 10.3 Å². The Morgan fingerprint density at radius 2 is 2.17 bits per heavy atom. The number of aryl methyl sites for hydroxylation is 1. The summed E-state index contributed by atoms with van der Waals surface area (Å²) in [5.74, 6) is 0. The van der Waals surface area contributed by atoms with E-state index in [0.717, 1.165) is 21.1 Å². The molecule has 1 N–H and O–H groups in total. The van der Waals surface area contributed by atoms with Gasteiger partial charge in [-0.2, -0.15) is 0 Å². The average molecular weight is 390 g/mol. The van der Waals surface area contributed by atoms with Crippen LogP contribution in [0.25, 0.3) is 0 Å². The number of aromatic nitrogens is 1. The Hall–Kier alpha value is -0.230. The maximum atomic E-state index is 4.53. The summed E-state index contributed by atoms with van der Waals surface area (Å²) in [7, 11) is 1.98. The Kier molecular flexibility index (Phi) is 4.95. The molecule has 0 bridgehead atoms. The molecule has 1 atom stereocenters.